The number of benzene rings is 1. The van der Waals surface area contributed by atoms with E-state index < -0.39 is 5.60 Å². The predicted molar refractivity (Wildman–Crippen MR) is 70.1 cm³/mol. The number of halogens is 1. The van der Waals surface area contributed by atoms with E-state index >= 15 is 0 Å². The number of hydrogen-bond donors (Lipinski definition) is 1. The lowest BCUT2D eigenvalue weighted by Crippen LogP contribution is -2.23. The van der Waals surface area contributed by atoms with Crippen LogP contribution in [0.1, 0.15) is 29.8 Å². The Hall–Kier alpha value is -1.68. The summed E-state index contributed by atoms with van der Waals surface area (Å²) in [5.41, 5.74) is 0.509. The van der Waals surface area contributed by atoms with Gasteiger partial charge in [0.1, 0.15) is 11.6 Å². The van der Waals surface area contributed by atoms with Gasteiger partial charge in [-0.05, 0) is 36.5 Å². The molecule has 0 fully saturated rings. The fraction of sp³-hybridized carbons (Fsp3) is 0.400. The lowest BCUT2D eigenvalue weighted by atomic mass is 9.90. The zero-order valence-electron chi connectivity index (χ0n) is 10.9. The molecule has 0 saturated heterocycles. The van der Waals surface area contributed by atoms with Crippen LogP contribution in [-0.4, -0.2) is 14.7 Å². The lowest BCUT2D eigenvalue weighted by molar-refractivity contribution is 0.0291. The Balaban J connectivity index is 1.83. The molecule has 1 atom stereocenters. The molecule has 0 amide bonds. The third kappa shape index (κ3) is 2.06. The van der Waals surface area contributed by atoms with Crippen molar-refractivity contribution in [2.45, 2.75) is 31.3 Å². The van der Waals surface area contributed by atoms with Gasteiger partial charge in [0, 0.05) is 25.9 Å². The summed E-state index contributed by atoms with van der Waals surface area (Å²) in [6.07, 6.45) is 6.11. The standard InChI is InChI=1S/C15H17FN2O/c1-18-10-9-17-14(18)6-8-15(19)7-5-11-12(15)3-2-4-13(11)16/h2-4,9-10,19H,5-8H2,1H3. The number of nitrogens with zero attached hydrogens (tertiary/aromatic N) is 2. The van der Waals surface area contributed by atoms with E-state index in [4.69, 9.17) is 0 Å². The molecule has 4 heteroatoms. The summed E-state index contributed by atoms with van der Waals surface area (Å²) in [5, 5.41) is 10.8. The first-order valence-electron chi connectivity index (χ1n) is 6.56. The molecule has 0 saturated carbocycles. The quantitative estimate of drug-likeness (QED) is 0.919. The summed E-state index contributed by atoms with van der Waals surface area (Å²) >= 11 is 0. The van der Waals surface area contributed by atoms with E-state index in [0.29, 0.717) is 31.2 Å². The minimum absolute atomic E-state index is 0.203. The highest BCUT2D eigenvalue weighted by atomic mass is 19.1. The van der Waals surface area contributed by atoms with Gasteiger partial charge in [0.2, 0.25) is 0 Å². The van der Waals surface area contributed by atoms with Gasteiger partial charge in [-0.3, -0.25) is 0 Å². The Labute approximate surface area is 111 Å². The van der Waals surface area contributed by atoms with Gasteiger partial charge < -0.3 is 9.67 Å². The molecule has 0 radical (unpaired) electrons. The number of hydrogen-bond acceptors (Lipinski definition) is 2. The van der Waals surface area contributed by atoms with Crippen LogP contribution in [0.2, 0.25) is 0 Å². The van der Waals surface area contributed by atoms with Gasteiger partial charge in [-0.25, -0.2) is 9.37 Å². The van der Waals surface area contributed by atoms with E-state index in [-0.39, 0.29) is 5.82 Å². The summed E-state index contributed by atoms with van der Waals surface area (Å²) in [6.45, 7) is 0. The van der Waals surface area contributed by atoms with Crippen LogP contribution in [0.3, 0.4) is 0 Å². The van der Waals surface area contributed by atoms with E-state index in [1.807, 2.05) is 23.9 Å². The smallest absolute Gasteiger partial charge is 0.126 e. The molecule has 100 valence electrons. The monoisotopic (exact) mass is 260 g/mol. The Kier molecular flexibility index (Phi) is 2.90. The normalized spacial score (nSPS) is 21.6. The van der Waals surface area contributed by atoms with E-state index in [2.05, 4.69) is 4.98 Å². The highest BCUT2D eigenvalue weighted by Crippen LogP contribution is 2.40. The molecule has 0 spiro atoms. The highest BCUT2D eigenvalue weighted by molar-refractivity contribution is 5.38. The molecule has 19 heavy (non-hydrogen) atoms. The zero-order chi connectivity index (χ0) is 13.5. The van der Waals surface area contributed by atoms with Crippen molar-refractivity contribution in [1.82, 2.24) is 9.55 Å². The Morgan fingerprint density at radius 1 is 1.47 bits per heavy atom. The molecule has 1 heterocycles. The van der Waals surface area contributed by atoms with Gasteiger partial charge in [0.15, 0.2) is 0 Å². The van der Waals surface area contributed by atoms with E-state index in [0.717, 1.165) is 11.4 Å². The maximum absolute atomic E-state index is 13.7. The molecule has 1 aliphatic rings. The van der Waals surface area contributed by atoms with Crippen molar-refractivity contribution >= 4 is 0 Å². The third-order valence-electron chi connectivity index (χ3n) is 4.09. The second-order valence-electron chi connectivity index (χ2n) is 5.25. The fourth-order valence-corrected chi connectivity index (χ4v) is 2.93. The van der Waals surface area contributed by atoms with Crippen molar-refractivity contribution < 1.29 is 9.50 Å². The largest absolute Gasteiger partial charge is 0.385 e. The third-order valence-corrected chi connectivity index (χ3v) is 4.09. The number of aromatic nitrogens is 2. The van der Waals surface area contributed by atoms with Crippen molar-refractivity contribution in [3.8, 4) is 0 Å². The second-order valence-corrected chi connectivity index (χ2v) is 5.25. The molecular formula is C15H17FN2O. The van der Waals surface area contributed by atoms with E-state index in [1.54, 1.807) is 12.3 Å². The van der Waals surface area contributed by atoms with Crippen molar-refractivity contribution in [2.24, 2.45) is 7.05 Å². The minimum atomic E-state index is -0.913. The number of aliphatic hydroxyl groups is 1. The molecule has 0 bridgehead atoms. The van der Waals surface area contributed by atoms with Gasteiger partial charge in [-0.2, -0.15) is 0 Å². The number of aryl methyl sites for hydroxylation is 2. The van der Waals surface area contributed by atoms with E-state index in [9.17, 15) is 9.50 Å². The summed E-state index contributed by atoms with van der Waals surface area (Å²) in [4.78, 5) is 4.26. The van der Waals surface area contributed by atoms with Crippen molar-refractivity contribution in [3.05, 3.63) is 53.4 Å². The first kappa shape index (κ1) is 12.4. The van der Waals surface area contributed by atoms with Crippen LogP contribution in [-0.2, 0) is 25.5 Å². The SMILES string of the molecule is Cn1ccnc1CCC1(O)CCc2c(F)cccc21. The number of fused-ring (bicyclic) bond motifs is 1. The fourth-order valence-electron chi connectivity index (χ4n) is 2.93. The summed E-state index contributed by atoms with van der Waals surface area (Å²) in [7, 11) is 1.94. The summed E-state index contributed by atoms with van der Waals surface area (Å²) in [6, 6.07) is 4.97. The number of rotatable bonds is 3. The Morgan fingerprint density at radius 2 is 2.32 bits per heavy atom. The average Bonchev–Trinajstić information content (AvgIpc) is 2.94. The molecule has 2 aromatic rings. The van der Waals surface area contributed by atoms with Crippen molar-refractivity contribution in [1.29, 1.82) is 0 Å². The first-order chi connectivity index (χ1) is 9.10. The maximum Gasteiger partial charge on any atom is 0.126 e. The zero-order valence-corrected chi connectivity index (χ0v) is 10.9. The van der Waals surface area contributed by atoms with Gasteiger partial charge in [0.25, 0.3) is 0 Å². The van der Waals surface area contributed by atoms with E-state index in [1.165, 1.54) is 6.07 Å². The van der Waals surface area contributed by atoms with Crippen LogP contribution in [0.25, 0.3) is 0 Å². The Morgan fingerprint density at radius 3 is 3.05 bits per heavy atom. The second kappa shape index (κ2) is 4.46. The molecule has 1 N–H and O–H groups in total. The molecule has 1 aromatic heterocycles. The van der Waals surface area contributed by atoms with Gasteiger partial charge in [-0.15, -0.1) is 0 Å². The topological polar surface area (TPSA) is 38.0 Å². The van der Waals surface area contributed by atoms with Gasteiger partial charge in [0.05, 0.1) is 5.60 Å². The molecule has 3 nitrogen and oxygen atoms in total. The number of imidazole rings is 1. The molecule has 1 aliphatic carbocycles. The molecule has 0 aliphatic heterocycles. The molecular weight excluding hydrogens is 243 g/mol. The van der Waals surface area contributed by atoms with Crippen LogP contribution >= 0.6 is 0 Å². The first-order valence-corrected chi connectivity index (χ1v) is 6.56. The summed E-state index contributed by atoms with van der Waals surface area (Å²) < 4.78 is 15.6. The highest BCUT2D eigenvalue weighted by Gasteiger charge is 2.37. The van der Waals surface area contributed by atoms with Crippen molar-refractivity contribution in [3.63, 3.8) is 0 Å². The lowest BCUT2D eigenvalue weighted by Gasteiger charge is -2.23. The van der Waals surface area contributed by atoms with Crippen LogP contribution in [0.4, 0.5) is 4.39 Å². The maximum atomic E-state index is 13.7. The average molecular weight is 260 g/mol. The minimum Gasteiger partial charge on any atom is -0.385 e. The van der Waals surface area contributed by atoms with Crippen LogP contribution < -0.4 is 0 Å². The molecule has 1 unspecified atom stereocenters. The summed E-state index contributed by atoms with van der Waals surface area (Å²) in [5.74, 6) is 0.740. The van der Waals surface area contributed by atoms with Gasteiger partial charge >= 0.3 is 0 Å². The Bertz CT molecular complexity index is 608. The van der Waals surface area contributed by atoms with Crippen molar-refractivity contribution in [2.75, 3.05) is 0 Å². The molecule has 3 rings (SSSR count). The molecule has 1 aromatic carbocycles. The van der Waals surface area contributed by atoms with Crippen LogP contribution in [0, 0.1) is 5.82 Å². The van der Waals surface area contributed by atoms with Crippen LogP contribution in [0.15, 0.2) is 30.6 Å². The van der Waals surface area contributed by atoms with Crippen LogP contribution in [0.5, 0.6) is 0 Å². The van der Waals surface area contributed by atoms with Gasteiger partial charge in [-0.1, -0.05) is 12.1 Å². The predicted octanol–water partition coefficient (Wildman–Crippen LogP) is 2.33.